The number of hydrogen-bond acceptors (Lipinski definition) is 2. The highest BCUT2D eigenvalue weighted by atomic mass is 14.9. The highest BCUT2D eigenvalue weighted by Gasteiger charge is 2.10. The predicted octanol–water partition coefficient (Wildman–Crippen LogP) is 3.27. The van der Waals surface area contributed by atoms with Gasteiger partial charge in [-0.15, -0.1) is 0 Å². The molecule has 1 rings (SSSR count). The Morgan fingerprint density at radius 1 is 1.11 bits per heavy atom. The molecule has 0 radical (unpaired) electrons. The van der Waals surface area contributed by atoms with Crippen LogP contribution in [-0.2, 0) is 6.54 Å². The van der Waals surface area contributed by atoms with Crippen molar-refractivity contribution in [3.8, 4) is 0 Å². The summed E-state index contributed by atoms with van der Waals surface area (Å²) < 4.78 is 0. The van der Waals surface area contributed by atoms with E-state index in [0.717, 1.165) is 6.54 Å². The molecule has 0 saturated heterocycles. The van der Waals surface area contributed by atoms with E-state index in [0.29, 0.717) is 24.4 Å². The van der Waals surface area contributed by atoms with E-state index in [4.69, 9.17) is 5.73 Å². The minimum atomic E-state index is 0.402. The Kier molecular flexibility index (Phi) is 6.37. The molecule has 0 bridgehead atoms. The fraction of sp³-hybridized carbons (Fsp3) is 0.625. The molecule has 1 aromatic rings. The predicted molar refractivity (Wildman–Crippen MR) is 79.7 cm³/mol. The maximum absolute atomic E-state index is 5.76. The van der Waals surface area contributed by atoms with Crippen molar-refractivity contribution in [1.82, 2.24) is 5.32 Å². The molecule has 0 saturated carbocycles. The molecule has 0 aliphatic rings. The molecule has 0 aromatic heterocycles. The van der Waals surface area contributed by atoms with E-state index in [-0.39, 0.29) is 0 Å². The average Bonchev–Trinajstić information content (AvgIpc) is 2.39. The fourth-order valence-corrected chi connectivity index (χ4v) is 2.04. The minimum absolute atomic E-state index is 0.402. The lowest BCUT2D eigenvalue weighted by atomic mass is 9.97. The third-order valence-corrected chi connectivity index (χ3v) is 3.79. The lowest BCUT2D eigenvalue weighted by Gasteiger charge is -2.20. The van der Waals surface area contributed by atoms with Crippen molar-refractivity contribution in [1.29, 1.82) is 0 Å². The second-order valence-electron chi connectivity index (χ2n) is 5.52. The van der Waals surface area contributed by atoms with Crippen molar-refractivity contribution in [2.75, 3.05) is 6.54 Å². The van der Waals surface area contributed by atoms with Crippen molar-refractivity contribution < 1.29 is 0 Å². The van der Waals surface area contributed by atoms with Crippen LogP contribution in [0.3, 0.4) is 0 Å². The van der Waals surface area contributed by atoms with Gasteiger partial charge in [-0.25, -0.2) is 0 Å². The Morgan fingerprint density at radius 2 is 1.72 bits per heavy atom. The summed E-state index contributed by atoms with van der Waals surface area (Å²) >= 11 is 0. The van der Waals surface area contributed by atoms with Crippen molar-refractivity contribution in [2.45, 2.75) is 52.6 Å². The third kappa shape index (κ3) is 4.43. The zero-order valence-electron chi connectivity index (χ0n) is 12.2. The van der Waals surface area contributed by atoms with Gasteiger partial charge in [0.25, 0.3) is 0 Å². The molecule has 2 heteroatoms. The van der Waals surface area contributed by atoms with Gasteiger partial charge in [0.2, 0.25) is 0 Å². The Labute approximate surface area is 112 Å². The van der Waals surface area contributed by atoms with Crippen molar-refractivity contribution in [3.05, 3.63) is 35.4 Å². The normalized spacial score (nSPS) is 14.8. The van der Waals surface area contributed by atoms with Gasteiger partial charge in [-0.3, -0.25) is 0 Å². The van der Waals surface area contributed by atoms with Gasteiger partial charge in [-0.2, -0.15) is 0 Å². The SMILES string of the molecule is CCC(C)c1ccc(CNC(CN)C(C)C)cc1. The second kappa shape index (κ2) is 7.55. The standard InChI is InChI=1S/C16H28N2/c1-5-13(4)15-8-6-14(7-9-15)11-18-16(10-17)12(2)3/h6-9,12-13,16,18H,5,10-11,17H2,1-4H3. The zero-order chi connectivity index (χ0) is 13.5. The molecule has 18 heavy (non-hydrogen) atoms. The highest BCUT2D eigenvalue weighted by Crippen LogP contribution is 2.18. The average molecular weight is 248 g/mol. The Hall–Kier alpha value is -0.860. The molecule has 3 N–H and O–H groups in total. The van der Waals surface area contributed by atoms with Gasteiger partial charge in [-0.1, -0.05) is 52.0 Å². The summed E-state index contributed by atoms with van der Waals surface area (Å²) in [5.74, 6) is 1.23. The second-order valence-corrected chi connectivity index (χ2v) is 5.52. The fourth-order valence-electron chi connectivity index (χ4n) is 2.04. The van der Waals surface area contributed by atoms with E-state index in [1.165, 1.54) is 17.5 Å². The van der Waals surface area contributed by atoms with E-state index in [1.807, 2.05) is 0 Å². The summed E-state index contributed by atoms with van der Waals surface area (Å²) in [6, 6.07) is 9.35. The molecule has 0 amide bonds. The number of rotatable bonds is 7. The van der Waals surface area contributed by atoms with E-state index in [9.17, 15) is 0 Å². The van der Waals surface area contributed by atoms with Crippen LogP contribution in [0.2, 0.25) is 0 Å². The van der Waals surface area contributed by atoms with Gasteiger partial charge < -0.3 is 11.1 Å². The van der Waals surface area contributed by atoms with Crippen LogP contribution < -0.4 is 11.1 Å². The number of hydrogen-bond donors (Lipinski definition) is 2. The molecule has 0 aliphatic heterocycles. The summed E-state index contributed by atoms with van der Waals surface area (Å²) in [4.78, 5) is 0. The van der Waals surface area contributed by atoms with Crippen molar-refractivity contribution in [3.63, 3.8) is 0 Å². The van der Waals surface area contributed by atoms with Gasteiger partial charge in [0.1, 0.15) is 0 Å². The van der Waals surface area contributed by atoms with Crippen LogP contribution >= 0.6 is 0 Å². The Bertz CT molecular complexity index is 329. The van der Waals surface area contributed by atoms with Crippen LogP contribution in [0.5, 0.6) is 0 Å². The minimum Gasteiger partial charge on any atom is -0.329 e. The maximum Gasteiger partial charge on any atom is 0.0216 e. The third-order valence-electron chi connectivity index (χ3n) is 3.79. The van der Waals surface area contributed by atoms with Crippen LogP contribution in [0.15, 0.2) is 24.3 Å². The van der Waals surface area contributed by atoms with E-state index in [2.05, 4.69) is 57.3 Å². The van der Waals surface area contributed by atoms with Crippen LogP contribution in [0.4, 0.5) is 0 Å². The summed E-state index contributed by atoms with van der Waals surface area (Å²) in [5, 5.41) is 3.52. The summed E-state index contributed by atoms with van der Waals surface area (Å²) in [7, 11) is 0. The summed E-state index contributed by atoms with van der Waals surface area (Å²) in [6.45, 7) is 10.5. The summed E-state index contributed by atoms with van der Waals surface area (Å²) in [5.41, 5.74) is 8.52. The first-order valence-electron chi connectivity index (χ1n) is 7.10. The van der Waals surface area contributed by atoms with Gasteiger partial charge in [0, 0.05) is 19.1 Å². The van der Waals surface area contributed by atoms with Crippen molar-refractivity contribution in [2.24, 2.45) is 11.7 Å². The largest absolute Gasteiger partial charge is 0.329 e. The number of nitrogens with two attached hydrogens (primary N) is 1. The molecule has 102 valence electrons. The zero-order valence-corrected chi connectivity index (χ0v) is 12.2. The highest BCUT2D eigenvalue weighted by molar-refractivity contribution is 5.24. The smallest absolute Gasteiger partial charge is 0.0216 e. The Morgan fingerprint density at radius 3 is 2.17 bits per heavy atom. The van der Waals surface area contributed by atoms with Gasteiger partial charge in [0.05, 0.1) is 0 Å². The van der Waals surface area contributed by atoms with Crippen LogP contribution in [0.25, 0.3) is 0 Å². The summed E-state index contributed by atoms with van der Waals surface area (Å²) in [6.07, 6.45) is 1.19. The number of nitrogens with one attached hydrogen (secondary N) is 1. The van der Waals surface area contributed by atoms with Crippen LogP contribution in [0, 0.1) is 5.92 Å². The van der Waals surface area contributed by atoms with Gasteiger partial charge in [-0.05, 0) is 29.4 Å². The topological polar surface area (TPSA) is 38.0 Å². The molecule has 0 spiro atoms. The first-order chi connectivity index (χ1) is 8.58. The van der Waals surface area contributed by atoms with Gasteiger partial charge in [0.15, 0.2) is 0 Å². The molecular weight excluding hydrogens is 220 g/mol. The molecule has 0 fully saturated rings. The maximum atomic E-state index is 5.76. The molecule has 2 nitrogen and oxygen atoms in total. The number of benzene rings is 1. The molecule has 2 unspecified atom stereocenters. The molecule has 2 atom stereocenters. The first kappa shape index (κ1) is 15.2. The first-order valence-corrected chi connectivity index (χ1v) is 7.10. The lowest BCUT2D eigenvalue weighted by molar-refractivity contribution is 0.405. The molecule has 1 aromatic carbocycles. The molecule has 0 aliphatic carbocycles. The monoisotopic (exact) mass is 248 g/mol. The molecule has 0 heterocycles. The van der Waals surface area contributed by atoms with Crippen LogP contribution in [0.1, 0.15) is 51.2 Å². The van der Waals surface area contributed by atoms with Gasteiger partial charge >= 0.3 is 0 Å². The van der Waals surface area contributed by atoms with E-state index >= 15 is 0 Å². The van der Waals surface area contributed by atoms with Crippen molar-refractivity contribution >= 4 is 0 Å². The quantitative estimate of drug-likeness (QED) is 0.777. The van der Waals surface area contributed by atoms with E-state index in [1.54, 1.807) is 0 Å². The van der Waals surface area contributed by atoms with Crippen LogP contribution in [-0.4, -0.2) is 12.6 Å². The molecular formula is C16H28N2. The Balaban J connectivity index is 2.53. The lowest BCUT2D eigenvalue weighted by Crippen LogP contribution is -2.39. The van der Waals surface area contributed by atoms with E-state index < -0.39 is 0 Å².